The second-order valence-electron chi connectivity index (χ2n) is 3.59. The molecule has 0 saturated carbocycles. The zero-order chi connectivity index (χ0) is 10.7. The van der Waals surface area contributed by atoms with Crippen molar-refractivity contribution < 1.29 is 9.53 Å². The lowest BCUT2D eigenvalue weighted by Gasteiger charge is -2.16. The number of carbonyl (C=O) groups is 1. The van der Waals surface area contributed by atoms with Gasteiger partial charge in [-0.25, -0.2) is 9.78 Å². The highest BCUT2D eigenvalue weighted by Gasteiger charge is 2.15. The molecule has 1 aromatic rings. The Balaban J connectivity index is 2.21. The maximum Gasteiger partial charge on any atom is 0.338 e. The molecule has 0 atom stereocenters. The molecule has 1 aliphatic heterocycles. The van der Waals surface area contributed by atoms with Gasteiger partial charge in [-0.15, -0.1) is 0 Å². The van der Waals surface area contributed by atoms with Crippen LogP contribution in [0.25, 0.3) is 0 Å². The Morgan fingerprint density at radius 2 is 2.20 bits per heavy atom. The summed E-state index contributed by atoms with van der Waals surface area (Å²) < 4.78 is 4.67. The van der Waals surface area contributed by atoms with Crippen molar-refractivity contribution in [1.29, 1.82) is 0 Å². The first kappa shape index (κ1) is 9.96. The van der Waals surface area contributed by atoms with Crippen LogP contribution >= 0.6 is 0 Å². The van der Waals surface area contributed by atoms with E-state index in [1.165, 1.54) is 20.0 Å². The van der Waals surface area contributed by atoms with Gasteiger partial charge in [0.15, 0.2) is 0 Å². The van der Waals surface area contributed by atoms with Crippen LogP contribution in [0.4, 0.5) is 5.82 Å². The molecule has 0 aromatic carbocycles. The van der Waals surface area contributed by atoms with Crippen LogP contribution in [-0.2, 0) is 4.74 Å². The SMILES string of the molecule is COC(=O)c1ccnc(N2CCCC2)c1. The Morgan fingerprint density at radius 1 is 1.47 bits per heavy atom. The van der Waals surface area contributed by atoms with E-state index in [-0.39, 0.29) is 5.97 Å². The maximum absolute atomic E-state index is 11.3. The Morgan fingerprint density at radius 3 is 2.87 bits per heavy atom. The van der Waals surface area contributed by atoms with Crippen molar-refractivity contribution in [3.63, 3.8) is 0 Å². The number of hydrogen-bond acceptors (Lipinski definition) is 4. The average molecular weight is 206 g/mol. The Hall–Kier alpha value is -1.58. The molecule has 0 radical (unpaired) electrons. The van der Waals surface area contributed by atoms with Gasteiger partial charge in [0.05, 0.1) is 12.7 Å². The maximum atomic E-state index is 11.3. The quantitative estimate of drug-likeness (QED) is 0.687. The van der Waals surface area contributed by atoms with Crippen molar-refractivity contribution in [3.05, 3.63) is 23.9 Å². The molecule has 1 aromatic heterocycles. The van der Waals surface area contributed by atoms with Gasteiger partial charge in [-0.05, 0) is 25.0 Å². The molecule has 4 nitrogen and oxygen atoms in total. The highest BCUT2D eigenvalue weighted by Crippen LogP contribution is 2.18. The molecule has 1 fully saturated rings. The molecule has 80 valence electrons. The molecule has 15 heavy (non-hydrogen) atoms. The van der Waals surface area contributed by atoms with Gasteiger partial charge in [0.2, 0.25) is 0 Å². The Kier molecular flexibility index (Phi) is 2.85. The minimum Gasteiger partial charge on any atom is -0.465 e. The lowest BCUT2D eigenvalue weighted by Crippen LogP contribution is -2.19. The van der Waals surface area contributed by atoms with Gasteiger partial charge in [-0.1, -0.05) is 0 Å². The van der Waals surface area contributed by atoms with E-state index < -0.39 is 0 Å². The standard InChI is InChI=1S/C11H14N2O2/c1-15-11(14)9-4-5-12-10(8-9)13-6-2-3-7-13/h4-5,8H,2-3,6-7H2,1H3. The summed E-state index contributed by atoms with van der Waals surface area (Å²) in [6.45, 7) is 2.05. The van der Waals surface area contributed by atoms with Gasteiger partial charge in [0.25, 0.3) is 0 Å². The summed E-state index contributed by atoms with van der Waals surface area (Å²) in [5.74, 6) is 0.563. The van der Waals surface area contributed by atoms with Crippen molar-refractivity contribution in [3.8, 4) is 0 Å². The first-order valence-electron chi connectivity index (χ1n) is 5.10. The molecule has 2 heterocycles. The van der Waals surface area contributed by atoms with Crippen molar-refractivity contribution in [2.75, 3.05) is 25.1 Å². The van der Waals surface area contributed by atoms with Crippen molar-refractivity contribution in [2.24, 2.45) is 0 Å². The third-order valence-corrected chi connectivity index (χ3v) is 2.60. The van der Waals surface area contributed by atoms with Crippen LogP contribution in [0.5, 0.6) is 0 Å². The van der Waals surface area contributed by atoms with E-state index in [1.54, 1.807) is 18.3 Å². The van der Waals surface area contributed by atoms with E-state index in [4.69, 9.17) is 0 Å². The van der Waals surface area contributed by atoms with Crippen LogP contribution in [0.2, 0.25) is 0 Å². The van der Waals surface area contributed by atoms with Gasteiger partial charge in [0.1, 0.15) is 5.82 Å². The van der Waals surface area contributed by atoms with Crippen LogP contribution < -0.4 is 4.90 Å². The van der Waals surface area contributed by atoms with Crippen molar-refractivity contribution >= 4 is 11.8 Å². The molecule has 0 N–H and O–H groups in total. The number of esters is 1. The average Bonchev–Trinajstić information content (AvgIpc) is 2.82. The second kappa shape index (κ2) is 4.29. The van der Waals surface area contributed by atoms with Crippen LogP contribution in [-0.4, -0.2) is 31.2 Å². The molecule has 0 amide bonds. The normalized spacial score (nSPS) is 15.4. The van der Waals surface area contributed by atoms with E-state index in [2.05, 4.69) is 14.6 Å². The smallest absolute Gasteiger partial charge is 0.338 e. The molecule has 0 spiro atoms. The summed E-state index contributed by atoms with van der Waals surface area (Å²) in [6, 6.07) is 3.46. The summed E-state index contributed by atoms with van der Waals surface area (Å²) in [5, 5.41) is 0. The fourth-order valence-electron chi connectivity index (χ4n) is 1.78. The van der Waals surface area contributed by atoms with Crippen LogP contribution in [0.3, 0.4) is 0 Å². The first-order valence-corrected chi connectivity index (χ1v) is 5.10. The minimum absolute atomic E-state index is 0.308. The fourth-order valence-corrected chi connectivity index (χ4v) is 1.78. The predicted molar refractivity (Wildman–Crippen MR) is 57.0 cm³/mol. The summed E-state index contributed by atoms with van der Waals surface area (Å²) in [4.78, 5) is 17.8. The van der Waals surface area contributed by atoms with Gasteiger partial charge >= 0.3 is 5.97 Å². The zero-order valence-corrected chi connectivity index (χ0v) is 8.77. The molecule has 4 heteroatoms. The van der Waals surface area contributed by atoms with Crippen LogP contribution in [0, 0.1) is 0 Å². The van der Waals surface area contributed by atoms with E-state index >= 15 is 0 Å². The monoisotopic (exact) mass is 206 g/mol. The molecule has 0 unspecified atom stereocenters. The molecule has 2 rings (SSSR count). The minimum atomic E-state index is -0.308. The summed E-state index contributed by atoms with van der Waals surface area (Å²) in [7, 11) is 1.39. The molecule has 1 saturated heterocycles. The molecule has 0 aliphatic carbocycles. The summed E-state index contributed by atoms with van der Waals surface area (Å²) in [6.07, 6.45) is 4.05. The van der Waals surface area contributed by atoms with Gasteiger partial charge in [-0.2, -0.15) is 0 Å². The highest BCUT2D eigenvalue weighted by molar-refractivity contribution is 5.90. The summed E-state index contributed by atoms with van der Waals surface area (Å²) >= 11 is 0. The number of pyridine rings is 1. The predicted octanol–water partition coefficient (Wildman–Crippen LogP) is 1.47. The van der Waals surface area contributed by atoms with E-state index in [9.17, 15) is 4.79 Å². The van der Waals surface area contributed by atoms with Gasteiger partial charge in [0, 0.05) is 19.3 Å². The number of methoxy groups -OCH3 is 1. The first-order chi connectivity index (χ1) is 7.31. The number of nitrogens with zero attached hydrogens (tertiary/aromatic N) is 2. The van der Waals surface area contributed by atoms with Crippen molar-refractivity contribution in [1.82, 2.24) is 4.98 Å². The van der Waals surface area contributed by atoms with E-state index in [0.717, 1.165) is 18.9 Å². The topological polar surface area (TPSA) is 42.4 Å². The number of hydrogen-bond donors (Lipinski definition) is 0. The molecular formula is C11H14N2O2. The fraction of sp³-hybridized carbons (Fsp3) is 0.455. The lowest BCUT2D eigenvalue weighted by molar-refractivity contribution is 0.0600. The lowest BCUT2D eigenvalue weighted by atomic mass is 10.2. The third-order valence-electron chi connectivity index (χ3n) is 2.60. The molecule has 0 bridgehead atoms. The highest BCUT2D eigenvalue weighted by atomic mass is 16.5. The third kappa shape index (κ3) is 2.09. The van der Waals surface area contributed by atoms with Crippen LogP contribution in [0.1, 0.15) is 23.2 Å². The largest absolute Gasteiger partial charge is 0.465 e. The molecular weight excluding hydrogens is 192 g/mol. The Labute approximate surface area is 88.9 Å². The number of aromatic nitrogens is 1. The van der Waals surface area contributed by atoms with Crippen molar-refractivity contribution in [2.45, 2.75) is 12.8 Å². The second-order valence-corrected chi connectivity index (χ2v) is 3.59. The zero-order valence-electron chi connectivity index (χ0n) is 8.77. The number of carbonyl (C=O) groups excluding carboxylic acids is 1. The number of ether oxygens (including phenoxy) is 1. The van der Waals surface area contributed by atoms with Gasteiger partial charge < -0.3 is 9.64 Å². The number of rotatable bonds is 2. The van der Waals surface area contributed by atoms with E-state index in [0.29, 0.717) is 5.56 Å². The van der Waals surface area contributed by atoms with E-state index in [1.807, 2.05) is 0 Å². The van der Waals surface area contributed by atoms with Gasteiger partial charge in [-0.3, -0.25) is 0 Å². The van der Waals surface area contributed by atoms with Crippen LogP contribution in [0.15, 0.2) is 18.3 Å². The number of anilines is 1. The molecule has 1 aliphatic rings. The Bertz CT molecular complexity index is 359. The summed E-state index contributed by atoms with van der Waals surface area (Å²) in [5.41, 5.74) is 0.564.